The number of ether oxygens (including phenoxy) is 1. The number of hydrogen-bond acceptors (Lipinski definition) is 5. The smallest absolute Gasteiger partial charge is 0.335 e. The van der Waals surface area contributed by atoms with Gasteiger partial charge in [-0.25, -0.2) is 9.78 Å². The second-order valence-electron chi connectivity index (χ2n) is 5.83. The summed E-state index contributed by atoms with van der Waals surface area (Å²) < 4.78 is 5.46. The molecule has 7 nitrogen and oxygen atoms in total. The van der Waals surface area contributed by atoms with Crippen molar-refractivity contribution in [1.82, 2.24) is 9.97 Å². The minimum Gasteiger partial charge on any atom is -0.494 e. The highest BCUT2D eigenvalue weighted by atomic mass is 32.2. The molecule has 2 aromatic carbocycles. The fourth-order valence-electron chi connectivity index (χ4n) is 2.50. The molecule has 0 unspecified atom stereocenters. The minimum atomic E-state index is -1.03. The molecule has 0 aliphatic rings. The number of amides is 1. The third-order valence-electron chi connectivity index (χ3n) is 3.84. The van der Waals surface area contributed by atoms with E-state index in [2.05, 4.69) is 15.3 Å². The predicted molar refractivity (Wildman–Crippen MR) is 105 cm³/mol. The number of thioether (sulfide) groups is 1. The van der Waals surface area contributed by atoms with Crippen molar-refractivity contribution in [1.29, 1.82) is 0 Å². The maximum absolute atomic E-state index is 12.2. The molecule has 0 radical (unpaired) electrons. The highest BCUT2D eigenvalue weighted by Gasteiger charge is 2.11. The third-order valence-corrected chi connectivity index (χ3v) is 4.71. The first-order valence-corrected chi connectivity index (χ1v) is 9.34. The fourth-order valence-corrected chi connectivity index (χ4v) is 3.19. The summed E-state index contributed by atoms with van der Waals surface area (Å²) in [5, 5.41) is 12.5. The van der Waals surface area contributed by atoms with Gasteiger partial charge in [0.15, 0.2) is 5.16 Å². The molecular formula is C19H19N3O4S. The van der Waals surface area contributed by atoms with Gasteiger partial charge in [-0.2, -0.15) is 0 Å². The van der Waals surface area contributed by atoms with Crippen LogP contribution in [0.2, 0.25) is 0 Å². The van der Waals surface area contributed by atoms with Crippen LogP contribution >= 0.6 is 11.8 Å². The Morgan fingerprint density at radius 1 is 1.26 bits per heavy atom. The molecular weight excluding hydrogens is 366 g/mol. The number of anilines is 1. The Balaban J connectivity index is 1.64. The number of carbonyl (C=O) groups excluding carboxylic acids is 1. The van der Waals surface area contributed by atoms with E-state index in [9.17, 15) is 9.59 Å². The second kappa shape index (κ2) is 8.13. The monoisotopic (exact) mass is 385 g/mol. The molecule has 1 amide bonds. The summed E-state index contributed by atoms with van der Waals surface area (Å²) in [6, 6.07) is 10.2. The van der Waals surface area contributed by atoms with Crippen LogP contribution in [0.15, 0.2) is 41.6 Å². The van der Waals surface area contributed by atoms with E-state index in [0.717, 1.165) is 22.3 Å². The van der Waals surface area contributed by atoms with Gasteiger partial charge in [-0.1, -0.05) is 17.8 Å². The van der Waals surface area contributed by atoms with Crippen molar-refractivity contribution in [3.63, 3.8) is 0 Å². The molecule has 3 aromatic rings. The van der Waals surface area contributed by atoms with Crippen molar-refractivity contribution in [3.8, 4) is 5.75 Å². The van der Waals surface area contributed by atoms with Crippen molar-refractivity contribution >= 4 is 40.4 Å². The van der Waals surface area contributed by atoms with Gasteiger partial charge in [0.05, 0.1) is 29.0 Å². The summed E-state index contributed by atoms with van der Waals surface area (Å²) in [6.07, 6.45) is 0. The first-order valence-electron chi connectivity index (χ1n) is 8.35. The van der Waals surface area contributed by atoms with Crippen LogP contribution in [0.1, 0.15) is 22.8 Å². The number of aromatic amines is 1. The van der Waals surface area contributed by atoms with E-state index in [0.29, 0.717) is 17.5 Å². The SMILES string of the molecule is CCOc1ccc2nc(SCC(=O)Nc3cc(C(=O)O)ccc3C)[nH]c2c1. The van der Waals surface area contributed by atoms with Crippen LogP contribution in [0.5, 0.6) is 5.75 Å². The number of nitrogens with one attached hydrogen (secondary N) is 2. The van der Waals surface area contributed by atoms with Gasteiger partial charge < -0.3 is 20.1 Å². The van der Waals surface area contributed by atoms with Crippen LogP contribution in [-0.4, -0.2) is 39.3 Å². The molecule has 3 N–H and O–H groups in total. The van der Waals surface area contributed by atoms with Crippen LogP contribution < -0.4 is 10.1 Å². The fraction of sp³-hybridized carbons (Fsp3) is 0.211. The molecule has 1 heterocycles. The second-order valence-corrected chi connectivity index (χ2v) is 6.79. The van der Waals surface area contributed by atoms with Gasteiger partial charge in [0.1, 0.15) is 5.75 Å². The lowest BCUT2D eigenvalue weighted by atomic mass is 10.1. The number of benzene rings is 2. The number of aromatic nitrogens is 2. The van der Waals surface area contributed by atoms with Gasteiger partial charge in [-0.3, -0.25) is 4.79 Å². The first kappa shape index (κ1) is 18.8. The molecule has 0 saturated carbocycles. The van der Waals surface area contributed by atoms with E-state index in [1.54, 1.807) is 6.07 Å². The molecule has 8 heteroatoms. The van der Waals surface area contributed by atoms with Gasteiger partial charge >= 0.3 is 5.97 Å². The van der Waals surface area contributed by atoms with Gasteiger partial charge in [-0.05, 0) is 43.7 Å². The highest BCUT2D eigenvalue weighted by molar-refractivity contribution is 7.99. The zero-order valence-electron chi connectivity index (χ0n) is 14.9. The van der Waals surface area contributed by atoms with Gasteiger partial charge in [0.2, 0.25) is 5.91 Å². The molecule has 0 spiro atoms. The first-order chi connectivity index (χ1) is 13.0. The number of hydrogen-bond donors (Lipinski definition) is 3. The Morgan fingerprint density at radius 3 is 2.81 bits per heavy atom. The molecule has 0 aliphatic carbocycles. The van der Waals surface area contributed by atoms with Crippen LogP contribution in [0.25, 0.3) is 11.0 Å². The maximum atomic E-state index is 12.2. The third kappa shape index (κ3) is 4.59. The van der Waals surface area contributed by atoms with Crippen molar-refractivity contribution in [2.45, 2.75) is 19.0 Å². The summed E-state index contributed by atoms with van der Waals surface area (Å²) in [7, 11) is 0. The quantitative estimate of drug-likeness (QED) is 0.536. The number of aryl methyl sites for hydroxylation is 1. The molecule has 3 rings (SSSR count). The number of aromatic carboxylic acids is 1. The average molecular weight is 385 g/mol. The van der Waals surface area contributed by atoms with E-state index in [1.807, 2.05) is 32.0 Å². The zero-order valence-corrected chi connectivity index (χ0v) is 15.7. The van der Waals surface area contributed by atoms with Crippen LogP contribution in [-0.2, 0) is 4.79 Å². The molecule has 0 fully saturated rings. The molecule has 140 valence electrons. The van der Waals surface area contributed by atoms with Crippen LogP contribution in [0, 0.1) is 6.92 Å². The summed E-state index contributed by atoms with van der Waals surface area (Å²) >= 11 is 1.27. The van der Waals surface area contributed by atoms with Crippen LogP contribution in [0.4, 0.5) is 5.69 Å². The van der Waals surface area contributed by atoms with Crippen molar-refractivity contribution in [2.75, 3.05) is 17.7 Å². The number of imidazole rings is 1. The predicted octanol–water partition coefficient (Wildman–Crippen LogP) is 3.70. The van der Waals surface area contributed by atoms with Crippen molar-refractivity contribution < 1.29 is 19.4 Å². The summed E-state index contributed by atoms with van der Waals surface area (Å²) in [4.78, 5) is 30.9. The number of nitrogens with zero attached hydrogens (tertiary/aromatic N) is 1. The lowest BCUT2D eigenvalue weighted by Gasteiger charge is -2.08. The van der Waals surface area contributed by atoms with Gasteiger partial charge in [-0.15, -0.1) is 0 Å². The summed E-state index contributed by atoms with van der Waals surface area (Å²) in [6.45, 7) is 4.32. The molecule has 1 aromatic heterocycles. The molecule has 27 heavy (non-hydrogen) atoms. The Kier molecular flexibility index (Phi) is 5.66. The maximum Gasteiger partial charge on any atom is 0.335 e. The van der Waals surface area contributed by atoms with E-state index in [-0.39, 0.29) is 17.2 Å². The number of H-pyrrole nitrogens is 1. The molecule has 0 saturated heterocycles. The average Bonchev–Trinajstić information content (AvgIpc) is 3.04. The van der Waals surface area contributed by atoms with Crippen molar-refractivity contribution in [3.05, 3.63) is 47.5 Å². The number of rotatable bonds is 7. The number of carboxylic acid groups (broad SMARTS) is 1. The lowest BCUT2D eigenvalue weighted by Crippen LogP contribution is -2.15. The van der Waals surface area contributed by atoms with E-state index < -0.39 is 5.97 Å². The lowest BCUT2D eigenvalue weighted by molar-refractivity contribution is -0.113. The molecule has 0 aliphatic heterocycles. The number of carboxylic acids is 1. The largest absolute Gasteiger partial charge is 0.494 e. The van der Waals surface area contributed by atoms with E-state index >= 15 is 0 Å². The summed E-state index contributed by atoms with van der Waals surface area (Å²) in [5.41, 5.74) is 3.06. The summed E-state index contributed by atoms with van der Waals surface area (Å²) in [5.74, 6) is -0.360. The van der Waals surface area contributed by atoms with E-state index in [4.69, 9.17) is 9.84 Å². The Morgan fingerprint density at radius 2 is 2.07 bits per heavy atom. The highest BCUT2D eigenvalue weighted by Crippen LogP contribution is 2.24. The van der Waals surface area contributed by atoms with Gasteiger partial charge in [0, 0.05) is 11.8 Å². The zero-order chi connectivity index (χ0) is 19.4. The Bertz CT molecular complexity index is 1000. The topological polar surface area (TPSA) is 104 Å². The minimum absolute atomic E-state index is 0.130. The van der Waals surface area contributed by atoms with E-state index in [1.165, 1.54) is 23.9 Å². The standard InChI is InChI=1S/C19H19N3O4S/c1-3-26-13-6-7-14-16(9-13)22-19(21-14)27-10-17(23)20-15-8-12(18(24)25)5-4-11(15)2/h4-9H,3,10H2,1-2H3,(H,20,23)(H,21,22)(H,24,25). The van der Waals surface area contributed by atoms with Crippen molar-refractivity contribution in [2.24, 2.45) is 0 Å². The molecule has 0 atom stereocenters. The van der Waals surface area contributed by atoms with Gasteiger partial charge in [0.25, 0.3) is 0 Å². The Labute approximate surface area is 160 Å². The molecule has 0 bridgehead atoms. The number of carbonyl (C=O) groups is 2. The van der Waals surface area contributed by atoms with Crippen LogP contribution in [0.3, 0.4) is 0 Å². The number of fused-ring (bicyclic) bond motifs is 1. The Hall–Kier alpha value is -3.00. The normalized spacial score (nSPS) is 10.7.